The lowest BCUT2D eigenvalue weighted by Gasteiger charge is -2.19. The molecule has 2 aromatic carbocycles. The van der Waals surface area contributed by atoms with Crippen LogP contribution in [0.15, 0.2) is 73.1 Å². The molecular formula is C18H14N2O. The SMILES string of the molecule is c1ccc2c(c1)NC(c1ccncc1)c1ccccc1O2. The number of hydrogen-bond donors (Lipinski definition) is 1. The maximum absolute atomic E-state index is 6.08. The van der Waals surface area contributed by atoms with Crippen LogP contribution in [-0.4, -0.2) is 4.98 Å². The fourth-order valence-electron chi connectivity index (χ4n) is 2.66. The molecule has 0 saturated heterocycles. The minimum Gasteiger partial charge on any atom is -0.455 e. The van der Waals surface area contributed by atoms with E-state index >= 15 is 0 Å². The van der Waals surface area contributed by atoms with Gasteiger partial charge in [0.05, 0.1) is 11.7 Å². The van der Waals surface area contributed by atoms with Gasteiger partial charge in [-0.05, 0) is 35.9 Å². The summed E-state index contributed by atoms with van der Waals surface area (Å²) in [4.78, 5) is 4.10. The Morgan fingerprint density at radius 2 is 1.52 bits per heavy atom. The third-order valence-corrected chi connectivity index (χ3v) is 3.68. The van der Waals surface area contributed by atoms with Crippen LogP contribution in [0.5, 0.6) is 11.5 Å². The summed E-state index contributed by atoms with van der Waals surface area (Å²) >= 11 is 0. The lowest BCUT2D eigenvalue weighted by atomic mass is 9.99. The average Bonchev–Trinajstić information content (AvgIpc) is 2.72. The lowest BCUT2D eigenvalue weighted by Crippen LogP contribution is -2.11. The Morgan fingerprint density at radius 1 is 0.810 bits per heavy atom. The highest BCUT2D eigenvalue weighted by Crippen LogP contribution is 2.41. The van der Waals surface area contributed by atoms with Crippen molar-refractivity contribution >= 4 is 5.69 Å². The first-order valence-corrected chi connectivity index (χ1v) is 6.94. The largest absolute Gasteiger partial charge is 0.455 e. The molecule has 0 spiro atoms. The number of fused-ring (bicyclic) bond motifs is 2. The molecule has 2 heterocycles. The number of para-hydroxylation sites is 3. The van der Waals surface area contributed by atoms with Gasteiger partial charge in [-0.2, -0.15) is 0 Å². The third kappa shape index (κ3) is 2.13. The Balaban J connectivity index is 1.90. The molecule has 0 amide bonds. The van der Waals surface area contributed by atoms with Crippen molar-refractivity contribution in [3.8, 4) is 11.5 Å². The minimum absolute atomic E-state index is 0.0489. The lowest BCUT2D eigenvalue weighted by molar-refractivity contribution is 0.483. The number of rotatable bonds is 1. The van der Waals surface area contributed by atoms with E-state index in [0.29, 0.717) is 0 Å². The Bertz CT molecular complexity index is 771. The van der Waals surface area contributed by atoms with Crippen molar-refractivity contribution in [1.29, 1.82) is 0 Å². The molecule has 0 fully saturated rings. The molecule has 1 aromatic heterocycles. The number of benzene rings is 2. The number of nitrogens with zero attached hydrogens (tertiary/aromatic N) is 1. The van der Waals surface area contributed by atoms with E-state index in [1.54, 1.807) is 0 Å². The maximum atomic E-state index is 6.08. The second-order valence-corrected chi connectivity index (χ2v) is 4.99. The molecule has 1 unspecified atom stereocenters. The van der Waals surface area contributed by atoms with Crippen molar-refractivity contribution in [2.75, 3.05) is 5.32 Å². The molecule has 3 heteroatoms. The molecule has 0 radical (unpaired) electrons. The number of aromatic nitrogens is 1. The summed E-state index contributed by atoms with van der Waals surface area (Å²) < 4.78 is 6.08. The van der Waals surface area contributed by atoms with E-state index < -0.39 is 0 Å². The summed E-state index contributed by atoms with van der Waals surface area (Å²) in [6, 6.07) is 20.3. The van der Waals surface area contributed by atoms with Crippen LogP contribution in [0.1, 0.15) is 17.2 Å². The van der Waals surface area contributed by atoms with Crippen LogP contribution in [-0.2, 0) is 0 Å². The standard InChI is InChI=1S/C18H14N2O/c1-3-7-16-14(5-1)18(13-9-11-19-12-10-13)20-15-6-2-4-8-17(15)21-16/h1-12,18,20H. The zero-order valence-electron chi connectivity index (χ0n) is 11.4. The Labute approximate surface area is 123 Å². The number of pyridine rings is 1. The Kier molecular flexibility index (Phi) is 2.82. The fraction of sp³-hybridized carbons (Fsp3) is 0.0556. The molecule has 0 bridgehead atoms. The van der Waals surface area contributed by atoms with Crippen molar-refractivity contribution in [1.82, 2.24) is 4.98 Å². The van der Waals surface area contributed by atoms with Gasteiger partial charge < -0.3 is 10.1 Å². The number of nitrogens with one attached hydrogen (secondary N) is 1. The maximum Gasteiger partial charge on any atom is 0.150 e. The van der Waals surface area contributed by atoms with Crippen LogP contribution in [0.2, 0.25) is 0 Å². The van der Waals surface area contributed by atoms with Crippen LogP contribution in [0.25, 0.3) is 0 Å². The second kappa shape index (κ2) is 4.94. The molecular weight excluding hydrogens is 260 g/mol. The molecule has 0 saturated carbocycles. The van der Waals surface area contributed by atoms with Crippen molar-refractivity contribution in [2.45, 2.75) is 6.04 Å². The van der Waals surface area contributed by atoms with Crippen LogP contribution in [0, 0.1) is 0 Å². The highest BCUT2D eigenvalue weighted by Gasteiger charge is 2.23. The number of hydrogen-bond acceptors (Lipinski definition) is 3. The van der Waals surface area contributed by atoms with Gasteiger partial charge in [-0.25, -0.2) is 0 Å². The molecule has 1 atom stereocenters. The summed E-state index contributed by atoms with van der Waals surface area (Å²) in [5.74, 6) is 1.73. The summed E-state index contributed by atoms with van der Waals surface area (Å²) in [6.07, 6.45) is 3.63. The first-order valence-electron chi connectivity index (χ1n) is 6.94. The van der Waals surface area contributed by atoms with E-state index in [-0.39, 0.29) is 6.04 Å². The molecule has 1 aliphatic heterocycles. The molecule has 21 heavy (non-hydrogen) atoms. The van der Waals surface area contributed by atoms with Crippen molar-refractivity contribution < 1.29 is 4.74 Å². The van der Waals surface area contributed by atoms with Crippen molar-refractivity contribution in [2.24, 2.45) is 0 Å². The molecule has 1 aliphatic rings. The van der Waals surface area contributed by atoms with E-state index in [2.05, 4.69) is 16.4 Å². The highest BCUT2D eigenvalue weighted by atomic mass is 16.5. The van der Waals surface area contributed by atoms with E-state index in [4.69, 9.17) is 4.74 Å². The van der Waals surface area contributed by atoms with Gasteiger partial charge in [0, 0.05) is 18.0 Å². The van der Waals surface area contributed by atoms with Gasteiger partial charge in [0.2, 0.25) is 0 Å². The van der Waals surface area contributed by atoms with E-state index in [1.165, 1.54) is 0 Å². The first kappa shape index (κ1) is 12.0. The summed E-state index contributed by atoms with van der Waals surface area (Å²) in [5.41, 5.74) is 3.29. The topological polar surface area (TPSA) is 34.2 Å². The molecule has 0 aliphatic carbocycles. The van der Waals surface area contributed by atoms with Crippen LogP contribution in [0.4, 0.5) is 5.69 Å². The summed E-state index contributed by atoms with van der Waals surface area (Å²) in [6.45, 7) is 0. The zero-order chi connectivity index (χ0) is 14.1. The Hall–Kier alpha value is -2.81. The Morgan fingerprint density at radius 3 is 2.38 bits per heavy atom. The van der Waals surface area contributed by atoms with Crippen molar-refractivity contribution in [3.05, 3.63) is 84.2 Å². The molecule has 3 nitrogen and oxygen atoms in total. The third-order valence-electron chi connectivity index (χ3n) is 3.68. The van der Waals surface area contributed by atoms with Crippen LogP contribution < -0.4 is 10.1 Å². The van der Waals surface area contributed by atoms with Crippen LogP contribution >= 0.6 is 0 Å². The monoisotopic (exact) mass is 274 g/mol. The summed E-state index contributed by atoms with van der Waals surface area (Å²) in [7, 11) is 0. The van der Waals surface area contributed by atoms with Gasteiger partial charge in [0.15, 0.2) is 5.75 Å². The van der Waals surface area contributed by atoms with Crippen LogP contribution in [0.3, 0.4) is 0 Å². The molecule has 4 rings (SSSR count). The van der Waals surface area contributed by atoms with E-state index in [9.17, 15) is 0 Å². The van der Waals surface area contributed by atoms with Gasteiger partial charge in [-0.15, -0.1) is 0 Å². The second-order valence-electron chi connectivity index (χ2n) is 4.99. The number of ether oxygens (including phenoxy) is 1. The van der Waals surface area contributed by atoms with Crippen molar-refractivity contribution in [3.63, 3.8) is 0 Å². The predicted molar refractivity (Wildman–Crippen MR) is 82.7 cm³/mol. The van der Waals surface area contributed by atoms with Gasteiger partial charge in [0.1, 0.15) is 5.75 Å². The quantitative estimate of drug-likeness (QED) is 0.714. The predicted octanol–water partition coefficient (Wildman–Crippen LogP) is 4.39. The van der Waals surface area contributed by atoms with E-state index in [1.807, 2.05) is 67.0 Å². The highest BCUT2D eigenvalue weighted by molar-refractivity contribution is 5.63. The number of anilines is 1. The zero-order valence-corrected chi connectivity index (χ0v) is 11.4. The minimum atomic E-state index is 0.0489. The van der Waals surface area contributed by atoms with Gasteiger partial charge >= 0.3 is 0 Å². The average molecular weight is 274 g/mol. The smallest absolute Gasteiger partial charge is 0.150 e. The van der Waals surface area contributed by atoms with Gasteiger partial charge in [-0.1, -0.05) is 30.3 Å². The van der Waals surface area contributed by atoms with E-state index in [0.717, 1.165) is 28.3 Å². The molecule has 102 valence electrons. The summed E-state index contributed by atoms with van der Waals surface area (Å²) in [5, 5.41) is 3.58. The molecule has 1 N–H and O–H groups in total. The normalized spacial score (nSPS) is 15.9. The van der Waals surface area contributed by atoms with Gasteiger partial charge in [-0.3, -0.25) is 4.98 Å². The fourth-order valence-corrected chi connectivity index (χ4v) is 2.66. The first-order chi connectivity index (χ1) is 10.4. The van der Waals surface area contributed by atoms with Gasteiger partial charge in [0.25, 0.3) is 0 Å². The molecule has 3 aromatic rings.